The average molecular weight is 450 g/mol. The van der Waals surface area contributed by atoms with Crippen molar-refractivity contribution in [1.29, 1.82) is 0 Å². The molecule has 0 bridgehead atoms. The summed E-state index contributed by atoms with van der Waals surface area (Å²) >= 11 is 1.76. The topological polar surface area (TPSA) is 39.7 Å². The van der Waals surface area contributed by atoms with Crippen molar-refractivity contribution < 1.29 is 0 Å². The maximum absolute atomic E-state index is 4.31. The van der Waals surface area contributed by atoms with Crippen LogP contribution < -0.4 is 10.6 Å². The van der Waals surface area contributed by atoms with Crippen molar-refractivity contribution in [3.63, 3.8) is 0 Å². The number of nitrogens with one attached hydrogen (secondary N) is 2. The standard InChI is InChI=1S/C17H30N4S.HI/c1-14-4-8-21(9-5-14)10-7-19-17(18-3)20-12-15(2)16-6-11-22-13-16;/h6,11,13-15H,4-5,7-10,12H2,1-3H3,(H2,18,19,20);1H. The number of halogens is 1. The van der Waals surface area contributed by atoms with E-state index in [9.17, 15) is 0 Å². The van der Waals surface area contributed by atoms with Crippen LogP contribution in [0, 0.1) is 5.92 Å². The summed E-state index contributed by atoms with van der Waals surface area (Å²) in [6, 6.07) is 2.20. The Hall–Kier alpha value is -0.340. The number of aliphatic imine (C=N–C) groups is 1. The minimum absolute atomic E-state index is 0. The lowest BCUT2D eigenvalue weighted by molar-refractivity contribution is 0.195. The van der Waals surface area contributed by atoms with Crippen molar-refractivity contribution in [1.82, 2.24) is 15.5 Å². The molecule has 2 rings (SSSR count). The maximum Gasteiger partial charge on any atom is 0.191 e. The lowest BCUT2D eigenvalue weighted by Gasteiger charge is -2.30. The molecule has 1 aliphatic rings. The summed E-state index contributed by atoms with van der Waals surface area (Å²) in [6.07, 6.45) is 2.68. The molecule has 1 fully saturated rings. The van der Waals surface area contributed by atoms with Gasteiger partial charge in [0, 0.05) is 26.7 Å². The van der Waals surface area contributed by atoms with Crippen LogP contribution in [0.15, 0.2) is 21.8 Å². The van der Waals surface area contributed by atoms with E-state index in [-0.39, 0.29) is 24.0 Å². The Morgan fingerprint density at radius 3 is 2.74 bits per heavy atom. The molecule has 4 nitrogen and oxygen atoms in total. The van der Waals surface area contributed by atoms with Gasteiger partial charge < -0.3 is 15.5 Å². The molecule has 0 aromatic carbocycles. The summed E-state index contributed by atoms with van der Waals surface area (Å²) in [5.41, 5.74) is 1.40. The number of hydrogen-bond donors (Lipinski definition) is 2. The quantitative estimate of drug-likeness (QED) is 0.397. The molecule has 2 N–H and O–H groups in total. The van der Waals surface area contributed by atoms with Gasteiger partial charge in [0.1, 0.15) is 0 Å². The van der Waals surface area contributed by atoms with Crippen molar-refractivity contribution in [3.8, 4) is 0 Å². The van der Waals surface area contributed by atoms with Gasteiger partial charge in [-0.25, -0.2) is 0 Å². The highest BCUT2D eigenvalue weighted by Crippen LogP contribution is 2.17. The average Bonchev–Trinajstić information content (AvgIpc) is 3.06. The molecule has 132 valence electrons. The molecule has 1 atom stereocenters. The molecule has 1 aromatic rings. The molecule has 0 aliphatic carbocycles. The first-order valence-corrected chi connectivity index (χ1v) is 9.32. The van der Waals surface area contributed by atoms with Crippen LogP contribution in [0.25, 0.3) is 0 Å². The Morgan fingerprint density at radius 2 is 2.13 bits per heavy atom. The van der Waals surface area contributed by atoms with Gasteiger partial charge in [-0.2, -0.15) is 11.3 Å². The van der Waals surface area contributed by atoms with E-state index in [4.69, 9.17) is 0 Å². The zero-order valence-electron chi connectivity index (χ0n) is 14.5. The fourth-order valence-corrected chi connectivity index (χ4v) is 3.54. The monoisotopic (exact) mass is 450 g/mol. The molecule has 2 heterocycles. The van der Waals surface area contributed by atoms with E-state index in [0.717, 1.165) is 31.5 Å². The second-order valence-electron chi connectivity index (χ2n) is 6.36. The predicted molar refractivity (Wildman–Crippen MR) is 112 cm³/mol. The van der Waals surface area contributed by atoms with Gasteiger partial charge in [-0.05, 0) is 60.2 Å². The van der Waals surface area contributed by atoms with E-state index >= 15 is 0 Å². The first kappa shape index (κ1) is 20.7. The van der Waals surface area contributed by atoms with Crippen molar-refractivity contribution in [2.24, 2.45) is 10.9 Å². The number of guanidine groups is 1. The Bertz CT molecular complexity index is 441. The number of thiophene rings is 1. The molecule has 0 amide bonds. The SMILES string of the molecule is CN=C(NCCN1CCC(C)CC1)NCC(C)c1ccsc1.I. The van der Waals surface area contributed by atoms with E-state index in [1.54, 1.807) is 11.3 Å². The number of likely N-dealkylation sites (tertiary alicyclic amines) is 1. The van der Waals surface area contributed by atoms with E-state index in [1.807, 2.05) is 7.05 Å². The molecular formula is C17H31IN4S. The molecule has 0 radical (unpaired) electrons. The molecule has 6 heteroatoms. The number of hydrogen-bond acceptors (Lipinski definition) is 3. The van der Waals surface area contributed by atoms with Crippen LogP contribution in [0.5, 0.6) is 0 Å². The third kappa shape index (κ3) is 7.39. The smallest absolute Gasteiger partial charge is 0.191 e. The Balaban J connectivity index is 0.00000264. The lowest BCUT2D eigenvalue weighted by Crippen LogP contribution is -2.44. The Morgan fingerprint density at radius 1 is 1.39 bits per heavy atom. The molecule has 1 saturated heterocycles. The third-order valence-corrected chi connectivity index (χ3v) is 5.21. The molecule has 0 saturated carbocycles. The zero-order chi connectivity index (χ0) is 15.8. The predicted octanol–water partition coefficient (Wildman–Crippen LogP) is 3.37. The van der Waals surface area contributed by atoms with Crippen molar-refractivity contribution in [3.05, 3.63) is 22.4 Å². The highest BCUT2D eigenvalue weighted by Gasteiger charge is 2.15. The highest BCUT2D eigenvalue weighted by molar-refractivity contribution is 14.0. The maximum atomic E-state index is 4.31. The molecule has 1 aliphatic heterocycles. The van der Waals surface area contributed by atoms with Gasteiger partial charge in [-0.3, -0.25) is 4.99 Å². The van der Waals surface area contributed by atoms with Crippen LogP contribution in [-0.4, -0.2) is 50.6 Å². The van der Waals surface area contributed by atoms with E-state index in [1.165, 1.54) is 31.5 Å². The molecule has 1 unspecified atom stereocenters. The summed E-state index contributed by atoms with van der Waals surface area (Å²) in [4.78, 5) is 6.86. The number of rotatable bonds is 6. The first-order valence-electron chi connectivity index (χ1n) is 8.38. The Labute approximate surface area is 162 Å². The van der Waals surface area contributed by atoms with Gasteiger partial charge in [0.2, 0.25) is 0 Å². The summed E-state index contributed by atoms with van der Waals surface area (Å²) in [7, 11) is 1.84. The van der Waals surface area contributed by atoms with E-state index < -0.39 is 0 Å². The minimum Gasteiger partial charge on any atom is -0.356 e. The first-order chi connectivity index (χ1) is 10.7. The summed E-state index contributed by atoms with van der Waals surface area (Å²) in [5.74, 6) is 2.32. The van der Waals surface area contributed by atoms with Gasteiger partial charge in [0.25, 0.3) is 0 Å². The van der Waals surface area contributed by atoms with Crippen molar-refractivity contribution in [2.75, 3.05) is 39.8 Å². The second-order valence-corrected chi connectivity index (χ2v) is 7.14. The number of piperidine rings is 1. The second kappa shape index (κ2) is 11.3. The van der Waals surface area contributed by atoms with Gasteiger partial charge in [0.15, 0.2) is 5.96 Å². The van der Waals surface area contributed by atoms with Crippen LogP contribution in [0.4, 0.5) is 0 Å². The van der Waals surface area contributed by atoms with Crippen LogP contribution in [-0.2, 0) is 0 Å². The summed E-state index contributed by atoms with van der Waals surface area (Å²) in [5, 5.41) is 11.2. The zero-order valence-corrected chi connectivity index (χ0v) is 17.7. The molecule has 1 aromatic heterocycles. The normalized spacial score (nSPS) is 18.3. The van der Waals surface area contributed by atoms with Crippen LogP contribution in [0.1, 0.15) is 38.2 Å². The Kier molecular flexibility index (Phi) is 10.1. The highest BCUT2D eigenvalue weighted by atomic mass is 127. The van der Waals surface area contributed by atoms with Gasteiger partial charge in [0.05, 0.1) is 0 Å². The van der Waals surface area contributed by atoms with Gasteiger partial charge in [-0.1, -0.05) is 13.8 Å². The molecule has 0 spiro atoms. The lowest BCUT2D eigenvalue weighted by atomic mass is 9.99. The fourth-order valence-electron chi connectivity index (χ4n) is 2.76. The van der Waals surface area contributed by atoms with Crippen LogP contribution in [0.2, 0.25) is 0 Å². The largest absolute Gasteiger partial charge is 0.356 e. The summed E-state index contributed by atoms with van der Waals surface area (Å²) in [6.45, 7) is 10.1. The van der Waals surface area contributed by atoms with E-state index in [2.05, 4.69) is 51.2 Å². The van der Waals surface area contributed by atoms with Crippen LogP contribution >= 0.6 is 35.3 Å². The number of nitrogens with zero attached hydrogens (tertiary/aromatic N) is 2. The van der Waals surface area contributed by atoms with Crippen molar-refractivity contribution in [2.45, 2.75) is 32.6 Å². The third-order valence-electron chi connectivity index (χ3n) is 4.51. The van der Waals surface area contributed by atoms with Gasteiger partial charge >= 0.3 is 0 Å². The minimum atomic E-state index is 0. The summed E-state index contributed by atoms with van der Waals surface area (Å²) < 4.78 is 0. The van der Waals surface area contributed by atoms with Crippen LogP contribution in [0.3, 0.4) is 0 Å². The molecular weight excluding hydrogens is 419 g/mol. The van der Waals surface area contributed by atoms with Gasteiger partial charge in [-0.15, -0.1) is 24.0 Å². The molecule has 23 heavy (non-hydrogen) atoms. The van der Waals surface area contributed by atoms with Crippen molar-refractivity contribution >= 4 is 41.3 Å². The fraction of sp³-hybridized carbons (Fsp3) is 0.706. The van der Waals surface area contributed by atoms with E-state index in [0.29, 0.717) is 5.92 Å².